The highest BCUT2D eigenvalue weighted by atomic mass is 31.1. The van der Waals surface area contributed by atoms with Gasteiger partial charge in [0, 0.05) is 0 Å². The molecule has 0 N–H and O–H groups in total. The lowest BCUT2D eigenvalue weighted by Crippen LogP contribution is -2.14. The highest BCUT2D eigenvalue weighted by Crippen LogP contribution is 2.52. The zero-order valence-electron chi connectivity index (χ0n) is 10.5. The van der Waals surface area contributed by atoms with Crippen molar-refractivity contribution in [3.8, 4) is 0 Å². The van der Waals surface area contributed by atoms with Crippen molar-refractivity contribution in [1.82, 2.24) is 0 Å². The van der Waals surface area contributed by atoms with Crippen LogP contribution in [0.15, 0.2) is 0 Å². The molecule has 2 fully saturated rings. The summed E-state index contributed by atoms with van der Waals surface area (Å²) in [6.07, 6.45) is 12.1. The molecule has 0 aromatic rings. The van der Waals surface area contributed by atoms with Gasteiger partial charge in [0.2, 0.25) is 0 Å². The van der Waals surface area contributed by atoms with Crippen LogP contribution in [-0.2, 0) is 0 Å². The molecule has 0 aromatic heterocycles. The molecule has 0 nitrogen and oxygen atoms in total. The summed E-state index contributed by atoms with van der Waals surface area (Å²) in [6.45, 7) is 4.81. The van der Waals surface area contributed by atoms with Crippen molar-refractivity contribution in [2.45, 2.75) is 76.5 Å². The van der Waals surface area contributed by atoms with Crippen LogP contribution in [0.3, 0.4) is 0 Å². The Bertz CT molecular complexity index is 190. The predicted molar refractivity (Wildman–Crippen MR) is 71.2 cm³/mol. The molecule has 2 rings (SSSR count). The molecule has 0 aliphatic heterocycles. The molecule has 15 heavy (non-hydrogen) atoms. The number of hydrogen-bond donors (Lipinski definition) is 0. The minimum absolute atomic E-state index is 1.03. The maximum atomic E-state index is 2.50. The van der Waals surface area contributed by atoms with Gasteiger partial charge in [-0.15, -0.1) is 8.58 Å². The Morgan fingerprint density at radius 3 is 2.67 bits per heavy atom. The molecule has 2 aliphatic rings. The first kappa shape index (κ1) is 11.9. The lowest BCUT2D eigenvalue weighted by molar-refractivity contribution is 0.487. The summed E-state index contributed by atoms with van der Waals surface area (Å²) in [6, 6.07) is 0. The van der Waals surface area contributed by atoms with Gasteiger partial charge in [0.1, 0.15) is 0 Å². The van der Waals surface area contributed by atoms with E-state index in [4.69, 9.17) is 0 Å². The van der Waals surface area contributed by atoms with Gasteiger partial charge >= 0.3 is 0 Å². The molecule has 0 amide bonds. The maximum absolute atomic E-state index is 2.50. The fraction of sp³-hybridized carbons (Fsp3) is 1.00. The lowest BCUT2D eigenvalue weighted by atomic mass is 10.0. The van der Waals surface area contributed by atoms with Gasteiger partial charge in [-0.25, -0.2) is 0 Å². The van der Waals surface area contributed by atoms with Crippen LogP contribution in [0.4, 0.5) is 0 Å². The van der Waals surface area contributed by atoms with Gasteiger partial charge in [0.25, 0.3) is 0 Å². The van der Waals surface area contributed by atoms with Crippen molar-refractivity contribution < 1.29 is 0 Å². The van der Waals surface area contributed by atoms with Crippen LogP contribution in [0.2, 0.25) is 0 Å². The molecule has 2 saturated carbocycles. The largest absolute Gasteiger partial charge is 0.116 e. The van der Waals surface area contributed by atoms with E-state index in [0.717, 1.165) is 23.2 Å². The van der Waals surface area contributed by atoms with E-state index in [0.29, 0.717) is 0 Å². The molecule has 2 bridgehead atoms. The van der Waals surface area contributed by atoms with E-state index in [1.165, 1.54) is 34.3 Å². The molecule has 88 valence electrons. The van der Waals surface area contributed by atoms with Gasteiger partial charge in [-0.2, -0.15) is 0 Å². The standard InChI is InChI=1S/C14H27P/c1-3-4-5-6-11(2)15-14-10-12-7-8-13(14)9-12/h11-15H,3-10H2,1-2H3/t11?,12-,13+,14?/m1/s1. The first-order valence-electron chi connectivity index (χ1n) is 7.05. The molecule has 5 atom stereocenters. The van der Waals surface area contributed by atoms with E-state index in [9.17, 15) is 0 Å². The van der Waals surface area contributed by atoms with E-state index in [1.807, 2.05) is 0 Å². The second-order valence-corrected chi connectivity index (χ2v) is 7.91. The van der Waals surface area contributed by atoms with Crippen LogP contribution in [0.1, 0.15) is 65.2 Å². The second-order valence-electron chi connectivity index (χ2n) is 5.84. The van der Waals surface area contributed by atoms with Crippen LogP contribution in [0.25, 0.3) is 0 Å². The summed E-state index contributed by atoms with van der Waals surface area (Å²) in [7, 11) is 1.29. The first-order valence-corrected chi connectivity index (χ1v) is 8.21. The van der Waals surface area contributed by atoms with Gasteiger partial charge in [-0.05, 0) is 48.8 Å². The molecule has 0 aromatic carbocycles. The Morgan fingerprint density at radius 2 is 2.07 bits per heavy atom. The van der Waals surface area contributed by atoms with Gasteiger partial charge in [0.05, 0.1) is 0 Å². The minimum Gasteiger partial charge on any atom is -0.116 e. The molecule has 1 heteroatoms. The third-order valence-electron chi connectivity index (χ3n) is 4.48. The molecular formula is C14H27P. The topological polar surface area (TPSA) is 0 Å². The molecule has 2 aliphatic carbocycles. The smallest absolute Gasteiger partial charge is 0.0203 e. The zero-order valence-corrected chi connectivity index (χ0v) is 11.5. The monoisotopic (exact) mass is 226 g/mol. The quantitative estimate of drug-likeness (QED) is 0.450. The van der Waals surface area contributed by atoms with Gasteiger partial charge in [0.15, 0.2) is 0 Å². The third kappa shape index (κ3) is 3.19. The molecule has 0 spiro atoms. The second kappa shape index (κ2) is 5.67. The van der Waals surface area contributed by atoms with Crippen LogP contribution in [0.5, 0.6) is 0 Å². The van der Waals surface area contributed by atoms with Crippen molar-refractivity contribution in [3.05, 3.63) is 0 Å². The summed E-state index contributed by atoms with van der Waals surface area (Å²) in [5.74, 6) is 2.30. The van der Waals surface area contributed by atoms with Crippen LogP contribution in [-0.4, -0.2) is 11.3 Å². The maximum Gasteiger partial charge on any atom is -0.0203 e. The minimum atomic E-state index is 1.03. The van der Waals surface area contributed by atoms with E-state index in [-0.39, 0.29) is 0 Å². The summed E-state index contributed by atoms with van der Waals surface area (Å²) < 4.78 is 0. The van der Waals surface area contributed by atoms with Crippen molar-refractivity contribution in [3.63, 3.8) is 0 Å². The number of fused-ring (bicyclic) bond motifs is 2. The summed E-state index contributed by atoms with van der Waals surface area (Å²) in [4.78, 5) is 0. The summed E-state index contributed by atoms with van der Waals surface area (Å²) in [5, 5.41) is 0. The molecular weight excluding hydrogens is 199 g/mol. The number of unbranched alkanes of at least 4 members (excludes halogenated alkanes) is 2. The molecule has 3 unspecified atom stereocenters. The molecule has 0 radical (unpaired) electrons. The summed E-state index contributed by atoms with van der Waals surface area (Å²) in [5.41, 5.74) is 2.18. The predicted octanol–water partition coefficient (Wildman–Crippen LogP) is 4.82. The van der Waals surface area contributed by atoms with Gasteiger partial charge in [-0.1, -0.05) is 39.5 Å². The van der Waals surface area contributed by atoms with E-state index < -0.39 is 0 Å². The average Bonchev–Trinajstić information content (AvgIpc) is 2.79. The van der Waals surface area contributed by atoms with Gasteiger partial charge < -0.3 is 0 Å². The van der Waals surface area contributed by atoms with E-state index in [1.54, 1.807) is 25.7 Å². The Morgan fingerprint density at radius 1 is 1.20 bits per heavy atom. The van der Waals surface area contributed by atoms with Gasteiger partial charge in [-0.3, -0.25) is 0 Å². The van der Waals surface area contributed by atoms with Crippen molar-refractivity contribution >= 4 is 8.58 Å². The first-order chi connectivity index (χ1) is 7.29. The highest BCUT2D eigenvalue weighted by Gasteiger charge is 2.39. The van der Waals surface area contributed by atoms with E-state index in [2.05, 4.69) is 13.8 Å². The fourth-order valence-electron chi connectivity index (χ4n) is 3.60. The highest BCUT2D eigenvalue weighted by molar-refractivity contribution is 7.39. The Kier molecular flexibility index (Phi) is 4.50. The van der Waals surface area contributed by atoms with Crippen LogP contribution < -0.4 is 0 Å². The van der Waals surface area contributed by atoms with Crippen LogP contribution >= 0.6 is 8.58 Å². The zero-order chi connectivity index (χ0) is 10.7. The normalized spacial score (nSPS) is 36.8. The number of hydrogen-bond acceptors (Lipinski definition) is 0. The van der Waals surface area contributed by atoms with Crippen molar-refractivity contribution in [1.29, 1.82) is 0 Å². The van der Waals surface area contributed by atoms with Crippen LogP contribution in [0, 0.1) is 11.8 Å². The summed E-state index contributed by atoms with van der Waals surface area (Å²) >= 11 is 0. The van der Waals surface area contributed by atoms with Crippen molar-refractivity contribution in [2.75, 3.05) is 0 Å². The van der Waals surface area contributed by atoms with E-state index >= 15 is 0 Å². The third-order valence-corrected chi connectivity index (χ3v) is 6.47. The molecule has 0 heterocycles. The fourth-order valence-corrected chi connectivity index (χ4v) is 5.74. The number of rotatable bonds is 6. The lowest BCUT2D eigenvalue weighted by Gasteiger charge is -2.25. The average molecular weight is 226 g/mol. The Labute approximate surface area is 97.4 Å². The molecule has 0 saturated heterocycles. The van der Waals surface area contributed by atoms with Crippen molar-refractivity contribution in [2.24, 2.45) is 11.8 Å². The SMILES string of the molecule is CCCCCC(C)PC1C[C@@H]2CC[C@H]1C2. The Hall–Kier alpha value is 0.430. The Balaban J connectivity index is 1.64.